The molecule has 2 aromatic rings. The molecule has 0 bridgehead atoms. The van der Waals surface area contributed by atoms with E-state index in [0.29, 0.717) is 12.5 Å². The molecule has 2 N–H and O–H groups in total. The number of nitrogens with zero attached hydrogens (tertiary/aromatic N) is 1. The molecular weight excluding hydrogens is 329 g/mol. The van der Waals surface area contributed by atoms with Gasteiger partial charge in [0.25, 0.3) is 0 Å². The van der Waals surface area contributed by atoms with Crippen molar-refractivity contribution in [1.82, 2.24) is 15.6 Å². The Labute approximate surface area is 144 Å². The zero-order valence-corrected chi connectivity index (χ0v) is 14.2. The molecule has 0 saturated heterocycles. The number of benzene rings is 1. The molecule has 1 fully saturated rings. The Hall–Kier alpha value is -2.15. The maximum Gasteiger partial charge on any atom is 0.315 e. The van der Waals surface area contributed by atoms with E-state index < -0.39 is 5.82 Å². The smallest absolute Gasteiger partial charge is 0.315 e. The summed E-state index contributed by atoms with van der Waals surface area (Å²) in [5, 5.41) is 8.69. The van der Waals surface area contributed by atoms with Crippen LogP contribution in [0.3, 0.4) is 0 Å². The third kappa shape index (κ3) is 4.67. The number of nitrogens with one attached hydrogen (secondary N) is 2. The molecule has 1 heterocycles. The maximum absolute atomic E-state index is 13.4. The Kier molecular flexibility index (Phi) is 5.30. The molecule has 1 aliphatic carbocycles. The van der Waals surface area contributed by atoms with Crippen LogP contribution < -0.4 is 15.4 Å². The van der Waals surface area contributed by atoms with Gasteiger partial charge in [-0.05, 0) is 31.9 Å². The standard InChI is InChI=1S/C17H20FN3O2S/c1-11(9-23-15-5-3-2-4-14(15)18)20-17(22)19-8-13-10-24-16(21-13)12-6-7-12/h2-5,10-12H,6-9H2,1H3,(H2,19,20,22). The van der Waals surface area contributed by atoms with Crippen LogP contribution in [0.2, 0.25) is 0 Å². The number of hydrogen-bond acceptors (Lipinski definition) is 4. The number of para-hydroxylation sites is 1. The van der Waals surface area contributed by atoms with Gasteiger partial charge >= 0.3 is 6.03 Å². The van der Waals surface area contributed by atoms with E-state index in [0.717, 1.165) is 5.69 Å². The summed E-state index contributed by atoms with van der Waals surface area (Å²) in [6.07, 6.45) is 2.45. The Morgan fingerprint density at radius 2 is 2.25 bits per heavy atom. The fraction of sp³-hybridized carbons (Fsp3) is 0.412. The predicted octanol–water partition coefficient (Wildman–Crippen LogP) is 3.43. The minimum atomic E-state index is -0.413. The van der Waals surface area contributed by atoms with Gasteiger partial charge in [0.2, 0.25) is 0 Å². The van der Waals surface area contributed by atoms with Gasteiger partial charge in [0.05, 0.1) is 23.3 Å². The average Bonchev–Trinajstić information content (AvgIpc) is 3.31. The first kappa shape index (κ1) is 16.7. The SMILES string of the molecule is CC(COc1ccccc1F)NC(=O)NCc1csc(C2CC2)n1. The molecule has 1 atom stereocenters. The number of urea groups is 1. The maximum atomic E-state index is 13.4. The summed E-state index contributed by atoms with van der Waals surface area (Å²) in [5.74, 6) is 0.402. The first-order chi connectivity index (χ1) is 11.6. The molecular formula is C17H20FN3O2S. The summed E-state index contributed by atoms with van der Waals surface area (Å²) < 4.78 is 18.8. The molecule has 1 unspecified atom stereocenters. The van der Waals surface area contributed by atoms with Crippen LogP contribution in [-0.2, 0) is 6.54 Å². The minimum absolute atomic E-state index is 0.182. The number of halogens is 1. The van der Waals surface area contributed by atoms with Crippen LogP contribution in [-0.4, -0.2) is 23.7 Å². The number of carbonyl (C=O) groups is 1. The summed E-state index contributed by atoms with van der Waals surface area (Å²) >= 11 is 1.65. The van der Waals surface area contributed by atoms with Crippen LogP contribution >= 0.6 is 11.3 Å². The fourth-order valence-corrected chi connectivity index (χ4v) is 3.18. The first-order valence-electron chi connectivity index (χ1n) is 7.98. The van der Waals surface area contributed by atoms with Crippen molar-refractivity contribution in [2.75, 3.05) is 6.61 Å². The van der Waals surface area contributed by atoms with Gasteiger partial charge in [-0.2, -0.15) is 0 Å². The quantitative estimate of drug-likeness (QED) is 0.805. The van der Waals surface area contributed by atoms with Crippen molar-refractivity contribution in [3.8, 4) is 5.75 Å². The highest BCUT2D eigenvalue weighted by Crippen LogP contribution is 2.41. The van der Waals surface area contributed by atoms with Crippen molar-refractivity contribution in [1.29, 1.82) is 0 Å². The van der Waals surface area contributed by atoms with E-state index in [4.69, 9.17) is 4.74 Å². The Balaban J connectivity index is 1.38. The Bertz CT molecular complexity index is 703. The number of ether oxygens (including phenoxy) is 1. The lowest BCUT2D eigenvalue weighted by Gasteiger charge is -2.15. The Morgan fingerprint density at radius 1 is 1.46 bits per heavy atom. The number of carbonyl (C=O) groups excluding carboxylic acids is 1. The monoisotopic (exact) mass is 349 g/mol. The third-order valence-corrected chi connectivity index (χ3v) is 4.69. The number of aromatic nitrogens is 1. The molecule has 128 valence electrons. The lowest BCUT2D eigenvalue weighted by Crippen LogP contribution is -2.43. The number of rotatable bonds is 7. The molecule has 0 spiro atoms. The fourth-order valence-electron chi connectivity index (χ4n) is 2.19. The summed E-state index contributed by atoms with van der Waals surface area (Å²) in [7, 11) is 0. The molecule has 7 heteroatoms. The average molecular weight is 349 g/mol. The first-order valence-corrected chi connectivity index (χ1v) is 8.86. The summed E-state index contributed by atoms with van der Waals surface area (Å²) in [4.78, 5) is 16.4. The van der Waals surface area contributed by atoms with Crippen LogP contribution in [0, 0.1) is 5.82 Å². The summed E-state index contributed by atoms with van der Waals surface area (Å²) in [5.41, 5.74) is 0.882. The van der Waals surface area contributed by atoms with E-state index in [1.54, 1.807) is 36.5 Å². The zero-order chi connectivity index (χ0) is 16.9. The lowest BCUT2D eigenvalue weighted by atomic mass is 10.3. The molecule has 0 aliphatic heterocycles. The lowest BCUT2D eigenvalue weighted by molar-refractivity contribution is 0.224. The van der Waals surface area contributed by atoms with Crippen LogP contribution in [0.5, 0.6) is 5.75 Å². The number of thiazole rings is 1. The van der Waals surface area contributed by atoms with Crippen molar-refractivity contribution in [3.63, 3.8) is 0 Å². The van der Waals surface area contributed by atoms with Crippen molar-refractivity contribution in [2.45, 2.75) is 38.3 Å². The van der Waals surface area contributed by atoms with Gasteiger partial charge in [-0.25, -0.2) is 14.2 Å². The third-order valence-electron chi connectivity index (χ3n) is 3.63. The van der Waals surface area contributed by atoms with E-state index in [-0.39, 0.29) is 24.4 Å². The van der Waals surface area contributed by atoms with Gasteiger partial charge in [0.15, 0.2) is 11.6 Å². The summed E-state index contributed by atoms with van der Waals surface area (Å²) in [6, 6.07) is 5.66. The van der Waals surface area contributed by atoms with Gasteiger partial charge in [-0.15, -0.1) is 11.3 Å². The molecule has 1 aromatic carbocycles. The molecule has 1 saturated carbocycles. The molecule has 2 amide bonds. The zero-order valence-electron chi connectivity index (χ0n) is 13.4. The predicted molar refractivity (Wildman–Crippen MR) is 90.8 cm³/mol. The van der Waals surface area contributed by atoms with Gasteiger partial charge in [0.1, 0.15) is 6.61 Å². The molecule has 5 nitrogen and oxygen atoms in total. The topological polar surface area (TPSA) is 63.2 Å². The van der Waals surface area contributed by atoms with Crippen LogP contribution in [0.1, 0.15) is 36.4 Å². The molecule has 1 aliphatic rings. The normalized spacial score (nSPS) is 14.9. The second-order valence-corrected chi connectivity index (χ2v) is 6.81. The van der Waals surface area contributed by atoms with Crippen LogP contribution in [0.15, 0.2) is 29.6 Å². The van der Waals surface area contributed by atoms with Gasteiger partial charge < -0.3 is 15.4 Å². The summed E-state index contributed by atoms with van der Waals surface area (Å²) in [6.45, 7) is 2.39. The molecule has 24 heavy (non-hydrogen) atoms. The van der Waals surface area contributed by atoms with E-state index in [1.165, 1.54) is 23.9 Å². The van der Waals surface area contributed by atoms with E-state index in [2.05, 4.69) is 15.6 Å². The van der Waals surface area contributed by atoms with Crippen LogP contribution in [0.25, 0.3) is 0 Å². The van der Waals surface area contributed by atoms with Crippen LogP contribution in [0.4, 0.5) is 9.18 Å². The van der Waals surface area contributed by atoms with Crippen molar-refractivity contribution in [2.24, 2.45) is 0 Å². The second kappa shape index (κ2) is 7.61. The highest BCUT2D eigenvalue weighted by Gasteiger charge is 2.26. The van der Waals surface area contributed by atoms with Crippen molar-refractivity contribution >= 4 is 17.4 Å². The van der Waals surface area contributed by atoms with E-state index >= 15 is 0 Å². The van der Waals surface area contributed by atoms with Crippen molar-refractivity contribution in [3.05, 3.63) is 46.2 Å². The molecule has 3 rings (SSSR count). The Morgan fingerprint density at radius 3 is 3.00 bits per heavy atom. The minimum Gasteiger partial charge on any atom is -0.488 e. The molecule has 1 aromatic heterocycles. The second-order valence-electron chi connectivity index (χ2n) is 5.92. The molecule has 0 radical (unpaired) electrons. The van der Waals surface area contributed by atoms with Gasteiger partial charge in [-0.3, -0.25) is 0 Å². The largest absolute Gasteiger partial charge is 0.488 e. The van der Waals surface area contributed by atoms with E-state index in [1.807, 2.05) is 5.38 Å². The van der Waals surface area contributed by atoms with Gasteiger partial charge in [-0.1, -0.05) is 12.1 Å². The number of hydrogen-bond donors (Lipinski definition) is 2. The van der Waals surface area contributed by atoms with E-state index in [9.17, 15) is 9.18 Å². The van der Waals surface area contributed by atoms with Crippen molar-refractivity contribution < 1.29 is 13.9 Å². The van der Waals surface area contributed by atoms with Gasteiger partial charge in [0, 0.05) is 11.3 Å². The highest BCUT2D eigenvalue weighted by molar-refractivity contribution is 7.09. The number of amides is 2. The highest BCUT2D eigenvalue weighted by atomic mass is 32.1.